The van der Waals surface area contributed by atoms with Crippen LogP contribution in [0.4, 0.5) is 0 Å². The van der Waals surface area contributed by atoms with Crippen LogP contribution in [0.2, 0.25) is 0 Å². The zero-order valence-electron chi connectivity index (χ0n) is 14.5. The number of hydrogen-bond acceptors (Lipinski definition) is 3. The van der Waals surface area contributed by atoms with Crippen LogP contribution in [0, 0.1) is 34.0 Å². The van der Waals surface area contributed by atoms with Crippen molar-refractivity contribution in [1.82, 2.24) is 0 Å². The Hall–Kier alpha value is -0.960. The third-order valence-electron chi connectivity index (χ3n) is 8.32. The molecule has 5 fully saturated rings. The highest BCUT2D eigenvalue weighted by atomic mass is 16.3. The first-order valence-electron chi connectivity index (χ1n) is 9.08. The lowest BCUT2D eigenvalue weighted by Crippen LogP contribution is -2.67. The van der Waals surface area contributed by atoms with Gasteiger partial charge in [-0.25, -0.2) is 0 Å². The first kappa shape index (κ1) is 15.6. The van der Waals surface area contributed by atoms with Gasteiger partial charge >= 0.3 is 0 Å². The number of rotatable bonds is 0. The molecule has 3 heteroatoms. The van der Waals surface area contributed by atoms with Crippen molar-refractivity contribution < 1.29 is 14.7 Å². The Bertz CT molecular complexity index is 618. The highest BCUT2D eigenvalue weighted by molar-refractivity contribution is 5.93. The molecule has 0 amide bonds. The second kappa shape index (κ2) is 4.36. The van der Waals surface area contributed by atoms with Gasteiger partial charge in [-0.05, 0) is 49.4 Å². The average molecular weight is 316 g/mol. The number of aliphatic hydroxyl groups is 1. The van der Waals surface area contributed by atoms with Crippen molar-refractivity contribution in [3.8, 4) is 0 Å². The maximum absolute atomic E-state index is 13.0. The summed E-state index contributed by atoms with van der Waals surface area (Å²) in [5.41, 5.74) is 0.406. The van der Waals surface area contributed by atoms with E-state index in [1.165, 1.54) is 0 Å². The van der Waals surface area contributed by atoms with Crippen molar-refractivity contribution in [2.24, 2.45) is 34.0 Å². The molecule has 3 nitrogen and oxygen atoms in total. The van der Waals surface area contributed by atoms with Gasteiger partial charge in [0.1, 0.15) is 11.9 Å². The van der Waals surface area contributed by atoms with E-state index in [0.717, 1.165) is 37.7 Å². The van der Waals surface area contributed by atoms with Crippen molar-refractivity contribution in [3.05, 3.63) is 12.2 Å². The Morgan fingerprint density at radius 1 is 1.13 bits per heavy atom. The number of hydrogen-bond donors (Lipinski definition) is 1. The average Bonchev–Trinajstić information content (AvgIpc) is 2.48. The molecule has 0 saturated heterocycles. The van der Waals surface area contributed by atoms with E-state index in [1.54, 1.807) is 0 Å². The third kappa shape index (κ3) is 1.65. The van der Waals surface area contributed by atoms with Gasteiger partial charge in [0, 0.05) is 23.2 Å². The summed E-state index contributed by atoms with van der Waals surface area (Å²) >= 11 is 0. The van der Waals surface area contributed by atoms with Gasteiger partial charge in [-0.1, -0.05) is 32.9 Å². The van der Waals surface area contributed by atoms with Crippen molar-refractivity contribution >= 4 is 11.6 Å². The second-order valence-corrected chi connectivity index (χ2v) is 9.44. The highest BCUT2D eigenvalue weighted by Gasteiger charge is 2.69. The predicted octanol–water partition coefficient (Wildman–Crippen LogP) is 3.30. The van der Waals surface area contributed by atoms with Crippen LogP contribution in [0.15, 0.2) is 12.2 Å². The summed E-state index contributed by atoms with van der Waals surface area (Å²) < 4.78 is 0. The number of carbonyl (C=O) groups is 2. The lowest BCUT2D eigenvalue weighted by Gasteiger charge is -2.67. The smallest absolute Gasteiger partial charge is 0.168 e. The Morgan fingerprint density at radius 3 is 2.52 bits per heavy atom. The summed E-state index contributed by atoms with van der Waals surface area (Å²) in [5.74, 6) is 1.04. The van der Waals surface area contributed by atoms with Crippen LogP contribution in [-0.4, -0.2) is 22.8 Å². The third-order valence-corrected chi connectivity index (χ3v) is 8.32. The molecule has 0 aromatic rings. The van der Waals surface area contributed by atoms with Gasteiger partial charge in [-0.3, -0.25) is 9.59 Å². The number of fused-ring (bicyclic) bond motifs is 3. The van der Waals surface area contributed by atoms with Crippen LogP contribution < -0.4 is 0 Å². The Labute approximate surface area is 138 Å². The van der Waals surface area contributed by atoms with E-state index < -0.39 is 11.5 Å². The molecule has 5 saturated carbocycles. The Morgan fingerprint density at radius 2 is 1.83 bits per heavy atom. The number of ketones is 2. The Kier molecular flexibility index (Phi) is 2.95. The first-order chi connectivity index (χ1) is 10.6. The molecule has 5 aliphatic rings. The van der Waals surface area contributed by atoms with Crippen LogP contribution in [0.5, 0.6) is 0 Å². The molecule has 5 aliphatic carbocycles. The normalized spacial score (nSPS) is 51.4. The second-order valence-electron chi connectivity index (χ2n) is 9.44. The van der Waals surface area contributed by atoms with Gasteiger partial charge in [-0.2, -0.15) is 0 Å². The van der Waals surface area contributed by atoms with Gasteiger partial charge in [0.2, 0.25) is 0 Å². The molecule has 1 N–H and O–H groups in total. The monoisotopic (exact) mass is 316 g/mol. The first-order valence-corrected chi connectivity index (χ1v) is 9.08. The molecule has 0 aromatic carbocycles. The lowest BCUT2D eigenvalue weighted by molar-refractivity contribution is -0.194. The minimum absolute atomic E-state index is 0.0322. The van der Waals surface area contributed by atoms with Gasteiger partial charge in [0.05, 0.1) is 0 Å². The zero-order valence-corrected chi connectivity index (χ0v) is 14.5. The van der Waals surface area contributed by atoms with E-state index >= 15 is 0 Å². The molecule has 2 bridgehead atoms. The minimum atomic E-state index is -0.842. The predicted molar refractivity (Wildman–Crippen MR) is 87.7 cm³/mol. The summed E-state index contributed by atoms with van der Waals surface area (Å²) in [5, 5.41) is 10.4. The van der Waals surface area contributed by atoms with E-state index in [-0.39, 0.29) is 22.5 Å². The molecule has 23 heavy (non-hydrogen) atoms. The van der Waals surface area contributed by atoms with Crippen molar-refractivity contribution in [2.75, 3.05) is 0 Å². The van der Waals surface area contributed by atoms with E-state index in [0.29, 0.717) is 24.0 Å². The van der Waals surface area contributed by atoms with Crippen molar-refractivity contribution in [2.45, 2.75) is 65.4 Å². The van der Waals surface area contributed by atoms with Gasteiger partial charge in [0.25, 0.3) is 0 Å². The highest BCUT2D eigenvalue weighted by Crippen LogP contribution is 2.70. The van der Waals surface area contributed by atoms with Crippen LogP contribution in [0.25, 0.3) is 0 Å². The van der Waals surface area contributed by atoms with Crippen LogP contribution in [-0.2, 0) is 9.59 Å². The van der Waals surface area contributed by atoms with E-state index in [2.05, 4.69) is 27.4 Å². The molecule has 6 atom stereocenters. The number of aliphatic hydroxyl groups excluding tert-OH is 1. The summed E-state index contributed by atoms with van der Waals surface area (Å²) in [6.45, 7) is 10.7. The standard InChI is InChI=1S/C20H28O3/c1-11-10-20-8-5-13-18(2,3)15(21)6-7-19(13,4)14(20)9-12(11)16(22)17(20)23/h12-14,16,22H,1,5-10H2,2-4H3/t12-,13+,14-,16-,19+,20-/m0/s1. The SMILES string of the molecule is C=C1C[C@@]23CC[C@@H]4C(C)(C)C(=O)CC[C@@]4(C)[C@@H]2C[C@@H]1[C@H](O)C3=O. The fourth-order valence-corrected chi connectivity index (χ4v) is 7.09. The lowest BCUT2D eigenvalue weighted by atomic mass is 9.36. The molecular formula is C20H28O3. The molecular weight excluding hydrogens is 288 g/mol. The van der Waals surface area contributed by atoms with Gasteiger partial charge < -0.3 is 5.11 Å². The molecule has 0 radical (unpaired) electrons. The minimum Gasteiger partial charge on any atom is -0.385 e. The maximum Gasteiger partial charge on any atom is 0.168 e. The zero-order chi connectivity index (χ0) is 16.8. The maximum atomic E-state index is 13.0. The van der Waals surface area contributed by atoms with E-state index in [4.69, 9.17) is 0 Å². The van der Waals surface area contributed by atoms with Crippen LogP contribution in [0.1, 0.15) is 59.3 Å². The van der Waals surface area contributed by atoms with E-state index in [9.17, 15) is 14.7 Å². The summed E-state index contributed by atoms with van der Waals surface area (Å²) in [4.78, 5) is 25.5. The number of Topliss-reactive ketones (excluding diaryl/α,β-unsaturated/α-hetero) is 2. The Balaban J connectivity index is 1.81. The van der Waals surface area contributed by atoms with Gasteiger partial charge in [0.15, 0.2) is 5.78 Å². The molecule has 0 unspecified atom stereocenters. The molecule has 5 rings (SSSR count). The molecule has 1 spiro atoms. The molecule has 126 valence electrons. The van der Waals surface area contributed by atoms with Crippen LogP contribution >= 0.6 is 0 Å². The quantitative estimate of drug-likeness (QED) is 0.698. The molecule has 0 aliphatic heterocycles. The van der Waals surface area contributed by atoms with Crippen molar-refractivity contribution in [1.29, 1.82) is 0 Å². The van der Waals surface area contributed by atoms with Gasteiger partial charge in [-0.15, -0.1) is 0 Å². The molecule has 0 heterocycles. The van der Waals surface area contributed by atoms with Crippen LogP contribution in [0.3, 0.4) is 0 Å². The van der Waals surface area contributed by atoms with E-state index in [1.807, 2.05) is 0 Å². The topological polar surface area (TPSA) is 54.4 Å². The largest absolute Gasteiger partial charge is 0.385 e. The molecule has 0 aromatic heterocycles. The summed E-state index contributed by atoms with van der Waals surface area (Å²) in [7, 11) is 0. The van der Waals surface area contributed by atoms with Crippen molar-refractivity contribution in [3.63, 3.8) is 0 Å². The fraction of sp³-hybridized carbons (Fsp3) is 0.800. The number of carbonyl (C=O) groups excluding carboxylic acids is 2. The summed E-state index contributed by atoms with van der Waals surface area (Å²) in [6, 6.07) is 0. The summed E-state index contributed by atoms with van der Waals surface area (Å²) in [6.07, 6.45) is 4.06. The fourth-order valence-electron chi connectivity index (χ4n) is 7.09.